The normalized spacial score (nSPS) is 11.1. The van der Waals surface area contributed by atoms with Crippen LogP contribution in [0.3, 0.4) is 0 Å². The van der Waals surface area contributed by atoms with Gasteiger partial charge in [0.15, 0.2) is 0 Å². The van der Waals surface area contributed by atoms with Gasteiger partial charge in [-0.3, -0.25) is 9.59 Å². The van der Waals surface area contributed by atoms with Crippen LogP contribution in [0, 0.1) is 0 Å². The lowest BCUT2D eigenvalue weighted by molar-refractivity contribution is -0.137. The molecular formula is C22H41NO4. The fraction of sp³-hybridized carbons (Fsp3) is 0.818. The van der Waals surface area contributed by atoms with Crippen molar-refractivity contribution in [2.24, 2.45) is 0 Å². The predicted octanol–water partition coefficient (Wildman–Crippen LogP) is 5.24. The average molecular weight is 384 g/mol. The van der Waals surface area contributed by atoms with Crippen molar-refractivity contribution in [2.45, 2.75) is 96.8 Å². The Bertz CT molecular complexity index is 383. The molecule has 0 aromatic carbocycles. The van der Waals surface area contributed by atoms with Crippen LogP contribution in [0.4, 0.5) is 0 Å². The second-order valence-electron chi connectivity index (χ2n) is 7.12. The maximum atomic E-state index is 11.3. The van der Waals surface area contributed by atoms with E-state index in [4.69, 9.17) is 9.84 Å². The van der Waals surface area contributed by atoms with Crippen LogP contribution in [0.25, 0.3) is 0 Å². The van der Waals surface area contributed by atoms with Crippen LogP contribution in [0.2, 0.25) is 0 Å². The number of rotatable bonds is 20. The number of ether oxygens (including phenoxy) is 1. The van der Waals surface area contributed by atoms with Crippen molar-refractivity contribution in [3.8, 4) is 0 Å². The molecule has 0 aliphatic heterocycles. The average Bonchev–Trinajstić information content (AvgIpc) is 2.65. The van der Waals surface area contributed by atoms with Crippen LogP contribution in [-0.4, -0.2) is 36.7 Å². The van der Waals surface area contributed by atoms with Crippen molar-refractivity contribution in [3.05, 3.63) is 12.2 Å². The number of amides is 1. The topological polar surface area (TPSA) is 75.6 Å². The molecule has 0 aliphatic rings. The summed E-state index contributed by atoms with van der Waals surface area (Å²) in [6.07, 6.45) is 20.2. The molecule has 0 rings (SSSR count). The van der Waals surface area contributed by atoms with Gasteiger partial charge in [-0.25, -0.2) is 0 Å². The van der Waals surface area contributed by atoms with E-state index in [0.717, 1.165) is 51.7 Å². The van der Waals surface area contributed by atoms with Gasteiger partial charge in [-0.05, 0) is 32.1 Å². The molecule has 0 fully saturated rings. The molecule has 2 N–H and O–H groups in total. The summed E-state index contributed by atoms with van der Waals surface area (Å²) >= 11 is 0. The number of unbranched alkanes of at least 4 members (excludes halogenated alkanes) is 10. The number of allylic oxidation sites excluding steroid dienone is 1. The summed E-state index contributed by atoms with van der Waals surface area (Å²) in [5.41, 5.74) is 0. The minimum atomic E-state index is -1.00. The number of carbonyl (C=O) groups is 2. The first-order valence-electron chi connectivity index (χ1n) is 10.9. The molecule has 0 heterocycles. The Morgan fingerprint density at radius 1 is 0.815 bits per heavy atom. The molecule has 0 radical (unpaired) electrons. The van der Waals surface area contributed by atoms with E-state index in [1.807, 2.05) is 0 Å². The number of hydrogen-bond acceptors (Lipinski definition) is 3. The zero-order chi connectivity index (χ0) is 20.0. The fourth-order valence-corrected chi connectivity index (χ4v) is 2.81. The number of hydrogen-bond donors (Lipinski definition) is 2. The number of carbonyl (C=O) groups excluding carboxylic acids is 1. The Balaban J connectivity index is 3.19. The molecule has 0 atom stereocenters. The number of carboxylic acids is 1. The minimum absolute atomic E-state index is 0.172. The summed E-state index contributed by atoms with van der Waals surface area (Å²) in [6.45, 7) is 3.67. The van der Waals surface area contributed by atoms with E-state index in [-0.39, 0.29) is 12.5 Å². The van der Waals surface area contributed by atoms with Crippen molar-refractivity contribution < 1.29 is 19.4 Å². The molecule has 0 aromatic rings. The molecule has 5 heteroatoms. The van der Waals surface area contributed by atoms with Crippen LogP contribution in [0.15, 0.2) is 12.2 Å². The van der Waals surface area contributed by atoms with Crippen molar-refractivity contribution in [1.29, 1.82) is 0 Å². The first-order chi connectivity index (χ1) is 13.2. The van der Waals surface area contributed by atoms with Crippen LogP contribution >= 0.6 is 0 Å². The molecule has 0 saturated heterocycles. The lowest BCUT2D eigenvalue weighted by Gasteiger charge is -2.03. The van der Waals surface area contributed by atoms with Gasteiger partial charge in [0.1, 0.15) is 6.54 Å². The van der Waals surface area contributed by atoms with Crippen LogP contribution < -0.4 is 5.32 Å². The standard InChI is InChI=1S/C22H41NO4/c1-2-3-4-5-9-12-15-18-27-19-16-13-10-7-6-8-11-14-17-21(24)23-20-22(25)26/h10,13H,2-9,11-12,14-20H2,1H3,(H,23,24)(H,25,26)/b13-10-. The molecule has 0 spiro atoms. The monoisotopic (exact) mass is 383 g/mol. The lowest BCUT2D eigenvalue weighted by atomic mass is 10.1. The van der Waals surface area contributed by atoms with E-state index in [0.29, 0.717) is 6.42 Å². The third kappa shape index (κ3) is 22.6. The highest BCUT2D eigenvalue weighted by atomic mass is 16.5. The number of aliphatic carboxylic acids is 1. The Labute approximate surface area is 165 Å². The second-order valence-corrected chi connectivity index (χ2v) is 7.12. The molecular weight excluding hydrogens is 342 g/mol. The molecule has 0 saturated carbocycles. The third-order valence-electron chi connectivity index (χ3n) is 4.45. The molecule has 0 unspecified atom stereocenters. The molecule has 0 aliphatic carbocycles. The van der Waals surface area contributed by atoms with E-state index >= 15 is 0 Å². The zero-order valence-electron chi connectivity index (χ0n) is 17.3. The Morgan fingerprint density at radius 3 is 2.19 bits per heavy atom. The Hall–Kier alpha value is -1.36. The smallest absolute Gasteiger partial charge is 0.322 e. The highest BCUT2D eigenvalue weighted by Crippen LogP contribution is 2.07. The first-order valence-corrected chi connectivity index (χ1v) is 10.9. The summed E-state index contributed by atoms with van der Waals surface area (Å²) in [4.78, 5) is 21.6. The van der Waals surface area contributed by atoms with Gasteiger partial charge in [0.05, 0.1) is 6.61 Å². The van der Waals surface area contributed by atoms with Gasteiger partial charge in [-0.1, -0.05) is 70.4 Å². The highest BCUT2D eigenvalue weighted by molar-refractivity contribution is 5.80. The largest absolute Gasteiger partial charge is 0.480 e. The third-order valence-corrected chi connectivity index (χ3v) is 4.45. The van der Waals surface area contributed by atoms with Crippen LogP contribution in [-0.2, 0) is 14.3 Å². The van der Waals surface area contributed by atoms with E-state index in [1.165, 1.54) is 44.9 Å². The molecule has 27 heavy (non-hydrogen) atoms. The summed E-state index contributed by atoms with van der Waals surface area (Å²) in [6, 6.07) is 0. The summed E-state index contributed by atoms with van der Waals surface area (Å²) in [5, 5.41) is 10.8. The van der Waals surface area contributed by atoms with Gasteiger partial charge < -0.3 is 15.2 Å². The zero-order valence-corrected chi connectivity index (χ0v) is 17.3. The molecule has 1 amide bonds. The van der Waals surface area contributed by atoms with Crippen LogP contribution in [0.1, 0.15) is 96.8 Å². The lowest BCUT2D eigenvalue weighted by Crippen LogP contribution is -2.28. The van der Waals surface area contributed by atoms with E-state index in [2.05, 4.69) is 24.4 Å². The summed E-state index contributed by atoms with van der Waals surface area (Å²) in [5.74, 6) is -1.17. The number of nitrogens with one attached hydrogen (secondary N) is 1. The van der Waals surface area contributed by atoms with Gasteiger partial charge in [-0.2, -0.15) is 0 Å². The molecule has 5 nitrogen and oxygen atoms in total. The summed E-state index contributed by atoms with van der Waals surface area (Å²) < 4.78 is 5.65. The SMILES string of the molecule is CCCCCCCCCOCC/C=C\CCCCCCC(=O)NCC(=O)O. The fourth-order valence-electron chi connectivity index (χ4n) is 2.81. The summed E-state index contributed by atoms with van der Waals surface area (Å²) in [7, 11) is 0. The number of carboxylic acid groups (broad SMARTS) is 1. The quantitative estimate of drug-likeness (QED) is 0.223. The molecule has 0 aromatic heterocycles. The first kappa shape index (κ1) is 25.6. The Kier molecular flexibility index (Phi) is 19.9. The second kappa shape index (κ2) is 20.9. The maximum absolute atomic E-state index is 11.3. The van der Waals surface area contributed by atoms with E-state index in [1.54, 1.807) is 0 Å². The molecule has 0 bridgehead atoms. The van der Waals surface area contributed by atoms with E-state index < -0.39 is 5.97 Å². The highest BCUT2D eigenvalue weighted by Gasteiger charge is 2.02. The van der Waals surface area contributed by atoms with Crippen LogP contribution in [0.5, 0.6) is 0 Å². The van der Waals surface area contributed by atoms with Gasteiger partial charge in [0.2, 0.25) is 5.91 Å². The maximum Gasteiger partial charge on any atom is 0.322 e. The van der Waals surface area contributed by atoms with Gasteiger partial charge in [0, 0.05) is 13.0 Å². The van der Waals surface area contributed by atoms with Crippen molar-refractivity contribution in [3.63, 3.8) is 0 Å². The van der Waals surface area contributed by atoms with Crippen molar-refractivity contribution >= 4 is 11.9 Å². The van der Waals surface area contributed by atoms with Gasteiger partial charge >= 0.3 is 5.97 Å². The molecule has 158 valence electrons. The Morgan fingerprint density at radius 2 is 1.44 bits per heavy atom. The van der Waals surface area contributed by atoms with E-state index in [9.17, 15) is 9.59 Å². The van der Waals surface area contributed by atoms with Gasteiger partial charge in [-0.15, -0.1) is 0 Å². The predicted molar refractivity (Wildman–Crippen MR) is 111 cm³/mol. The minimum Gasteiger partial charge on any atom is -0.480 e. The van der Waals surface area contributed by atoms with Gasteiger partial charge in [0.25, 0.3) is 0 Å². The van der Waals surface area contributed by atoms with Crippen molar-refractivity contribution in [2.75, 3.05) is 19.8 Å². The van der Waals surface area contributed by atoms with Crippen molar-refractivity contribution in [1.82, 2.24) is 5.32 Å².